The molecule has 134 valence electrons. The Bertz CT molecular complexity index is 835. The van der Waals surface area contributed by atoms with Crippen LogP contribution < -0.4 is 15.8 Å². The molecule has 2 rings (SSSR count). The van der Waals surface area contributed by atoms with Crippen LogP contribution in [0.4, 0.5) is 0 Å². The second-order valence-electron chi connectivity index (χ2n) is 5.19. The van der Waals surface area contributed by atoms with Gasteiger partial charge in [-0.2, -0.15) is 0 Å². The lowest BCUT2D eigenvalue weighted by Gasteiger charge is -2.16. The number of nitrogens with one attached hydrogen (secondary N) is 3. The van der Waals surface area contributed by atoms with Gasteiger partial charge in [-0.25, -0.2) is 23.3 Å². The van der Waals surface area contributed by atoms with Crippen molar-refractivity contribution >= 4 is 33.3 Å². The summed E-state index contributed by atoms with van der Waals surface area (Å²) in [5.41, 5.74) is 1.43. The summed E-state index contributed by atoms with van der Waals surface area (Å²) in [6.07, 6.45) is 3.21. The zero-order chi connectivity index (χ0) is 18.4. The molecule has 0 bridgehead atoms. The van der Waals surface area contributed by atoms with Crippen LogP contribution in [0.15, 0.2) is 41.7 Å². The van der Waals surface area contributed by atoms with Gasteiger partial charge in [-0.1, -0.05) is 12.1 Å². The second-order valence-corrected chi connectivity index (χ2v) is 7.16. The van der Waals surface area contributed by atoms with Crippen molar-refractivity contribution in [3.05, 3.63) is 48.0 Å². The Hall–Kier alpha value is -2.50. The number of aromatic amines is 1. The standard InChI is InChI=1S/C14H17N5O4S2/c15-25(22,23)11-3-1-9(2-4-11)6-17-14(24)19-12(13(20)21)5-10-7-16-8-18-10/h1-4,7-8,12H,5-6H2,(H,16,18)(H,20,21)(H2,15,22,23)(H2,17,19,24)/t12-/m1/s1. The Morgan fingerprint density at radius 1 is 1.36 bits per heavy atom. The Morgan fingerprint density at radius 3 is 2.56 bits per heavy atom. The van der Waals surface area contributed by atoms with E-state index in [9.17, 15) is 18.3 Å². The average Bonchev–Trinajstić information content (AvgIpc) is 3.05. The number of primary sulfonamides is 1. The molecule has 6 N–H and O–H groups in total. The molecule has 0 fully saturated rings. The molecule has 0 spiro atoms. The van der Waals surface area contributed by atoms with E-state index in [-0.39, 0.29) is 16.4 Å². The number of hydrogen-bond donors (Lipinski definition) is 5. The van der Waals surface area contributed by atoms with Gasteiger partial charge in [0.25, 0.3) is 0 Å². The summed E-state index contributed by atoms with van der Waals surface area (Å²) in [5.74, 6) is -1.05. The first-order valence-electron chi connectivity index (χ1n) is 7.12. The van der Waals surface area contributed by atoms with E-state index in [1.807, 2.05) is 0 Å². The van der Waals surface area contributed by atoms with E-state index in [0.29, 0.717) is 12.2 Å². The molecule has 0 aliphatic heterocycles. The lowest BCUT2D eigenvalue weighted by Crippen LogP contribution is -2.46. The van der Waals surface area contributed by atoms with Crippen LogP contribution in [-0.4, -0.2) is 40.6 Å². The molecular formula is C14H17N5O4S2. The molecule has 0 aliphatic rings. The third-order valence-corrected chi connectivity index (χ3v) is 4.48. The summed E-state index contributed by atoms with van der Waals surface area (Å²) in [6.45, 7) is 0.299. The molecular weight excluding hydrogens is 366 g/mol. The highest BCUT2D eigenvalue weighted by molar-refractivity contribution is 7.89. The Morgan fingerprint density at radius 2 is 2.04 bits per heavy atom. The zero-order valence-corrected chi connectivity index (χ0v) is 14.6. The topological polar surface area (TPSA) is 150 Å². The first-order valence-corrected chi connectivity index (χ1v) is 9.07. The molecule has 11 heteroatoms. The highest BCUT2D eigenvalue weighted by atomic mass is 32.2. The fraction of sp³-hybridized carbons (Fsp3) is 0.214. The van der Waals surface area contributed by atoms with Gasteiger partial charge in [0.05, 0.1) is 11.2 Å². The van der Waals surface area contributed by atoms with Gasteiger partial charge in [0.2, 0.25) is 10.0 Å². The Kier molecular flexibility index (Phi) is 6.07. The van der Waals surface area contributed by atoms with Crippen molar-refractivity contribution in [3.8, 4) is 0 Å². The number of rotatable bonds is 7. The minimum absolute atomic E-state index is 0.0162. The predicted octanol–water partition coefficient (Wildman–Crippen LogP) is -0.283. The van der Waals surface area contributed by atoms with Crippen molar-refractivity contribution in [1.29, 1.82) is 0 Å². The van der Waals surface area contributed by atoms with Crippen molar-refractivity contribution in [2.45, 2.75) is 23.9 Å². The van der Waals surface area contributed by atoms with Gasteiger partial charge >= 0.3 is 5.97 Å². The van der Waals surface area contributed by atoms with Crippen LogP contribution in [-0.2, 0) is 27.8 Å². The Balaban J connectivity index is 1.89. The summed E-state index contributed by atoms with van der Waals surface area (Å²) in [4.78, 5) is 18.0. The maximum absolute atomic E-state index is 11.3. The highest BCUT2D eigenvalue weighted by Crippen LogP contribution is 2.08. The van der Waals surface area contributed by atoms with Crippen LogP contribution in [0.25, 0.3) is 0 Å². The van der Waals surface area contributed by atoms with E-state index in [1.165, 1.54) is 18.5 Å². The number of H-pyrrole nitrogens is 1. The highest BCUT2D eigenvalue weighted by Gasteiger charge is 2.19. The average molecular weight is 383 g/mol. The number of carbonyl (C=O) groups is 1. The maximum Gasteiger partial charge on any atom is 0.326 e. The SMILES string of the molecule is NS(=O)(=O)c1ccc(CNC(=S)N[C@H](Cc2cnc[nH]2)C(=O)O)cc1. The number of hydrogen-bond acceptors (Lipinski definition) is 5. The third-order valence-electron chi connectivity index (χ3n) is 3.29. The van der Waals surface area contributed by atoms with Crippen molar-refractivity contribution < 1.29 is 18.3 Å². The molecule has 1 aromatic heterocycles. The van der Waals surface area contributed by atoms with Gasteiger partial charge in [0.1, 0.15) is 6.04 Å². The van der Waals surface area contributed by atoms with Gasteiger partial charge in [-0.3, -0.25) is 0 Å². The summed E-state index contributed by atoms with van der Waals surface area (Å²) in [6, 6.07) is 5.05. The smallest absolute Gasteiger partial charge is 0.326 e. The van der Waals surface area contributed by atoms with Crippen LogP contribution in [0, 0.1) is 0 Å². The molecule has 9 nitrogen and oxygen atoms in total. The van der Waals surface area contributed by atoms with Crippen LogP contribution in [0.2, 0.25) is 0 Å². The van der Waals surface area contributed by atoms with Gasteiger partial charge < -0.3 is 20.7 Å². The molecule has 25 heavy (non-hydrogen) atoms. The lowest BCUT2D eigenvalue weighted by molar-refractivity contribution is -0.139. The van der Waals surface area contributed by atoms with E-state index in [2.05, 4.69) is 20.6 Å². The minimum atomic E-state index is -3.73. The monoisotopic (exact) mass is 383 g/mol. The molecule has 2 aromatic rings. The fourth-order valence-corrected chi connectivity index (χ4v) is 2.73. The van der Waals surface area contributed by atoms with Gasteiger partial charge in [-0.15, -0.1) is 0 Å². The molecule has 1 atom stereocenters. The fourth-order valence-electron chi connectivity index (χ4n) is 2.00. The van der Waals surface area contributed by atoms with Gasteiger partial charge in [-0.05, 0) is 29.9 Å². The number of benzene rings is 1. The normalized spacial score (nSPS) is 12.4. The first-order chi connectivity index (χ1) is 11.8. The van der Waals surface area contributed by atoms with E-state index in [1.54, 1.807) is 18.3 Å². The van der Waals surface area contributed by atoms with Crippen molar-refractivity contribution in [2.75, 3.05) is 0 Å². The molecule has 0 aliphatic carbocycles. The van der Waals surface area contributed by atoms with Crippen LogP contribution in [0.3, 0.4) is 0 Å². The largest absolute Gasteiger partial charge is 0.480 e. The molecule has 1 aromatic carbocycles. The van der Waals surface area contributed by atoms with Crippen LogP contribution >= 0.6 is 12.2 Å². The number of aliphatic carboxylic acids is 1. The van der Waals surface area contributed by atoms with Gasteiger partial charge in [0.15, 0.2) is 5.11 Å². The number of sulfonamides is 1. The number of aromatic nitrogens is 2. The minimum Gasteiger partial charge on any atom is -0.480 e. The number of carboxylic acid groups (broad SMARTS) is 1. The van der Waals surface area contributed by atoms with E-state index in [0.717, 1.165) is 5.56 Å². The summed E-state index contributed by atoms with van der Waals surface area (Å²) in [5, 5.41) is 20.1. The molecule has 0 unspecified atom stereocenters. The van der Waals surface area contributed by atoms with E-state index >= 15 is 0 Å². The molecule has 0 saturated heterocycles. The van der Waals surface area contributed by atoms with Gasteiger partial charge in [0, 0.05) is 24.9 Å². The summed E-state index contributed by atoms with van der Waals surface area (Å²) >= 11 is 5.10. The number of carboxylic acids is 1. The maximum atomic E-state index is 11.3. The number of nitrogens with zero attached hydrogens (tertiary/aromatic N) is 1. The summed E-state index contributed by atoms with van der Waals surface area (Å²) < 4.78 is 22.4. The first kappa shape index (κ1) is 18.8. The molecule has 0 radical (unpaired) electrons. The van der Waals surface area contributed by atoms with E-state index in [4.69, 9.17) is 17.4 Å². The quantitative estimate of drug-likeness (QED) is 0.410. The molecule has 0 amide bonds. The van der Waals surface area contributed by atoms with Crippen molar-refractivity contribution in [2.24, 2.45) is 5.14 Å². The zero-order valence-electron chi connectivity index (χ0n) is 13.0. The van der Waals surface area contributed by atoms with Crippen molar-refractivity contribution in [1.82, 2.24) is 20.6 Å². The number of thiocarbonyl (C=S) groups is 1. The number of imidazole rings is 1. The second kappa shape index (κ2) is 8.05. The van der Waals surface area contributed by atoms with Crippen LogP contribution in [0.1, 0.15) is 11.3 Å². The Labute approximate surface area is 149 Å². The van der Waals surface area contributed by atoms with Crippen molar-refractivity contribution in [3.63, 3.8) is 0 Å². The van der Waals surface area contributed by atoms with E-state index < -0.39 is 22.0 Å². The third kappa shape index (κ3) is 5.81. The lowest BCUT2D eigenvalue weighted by atomic mass is 10.2. The van der Waals surface area contributed by atoms with Crippen LogP contribution in [0.5, 0.6) is 0 Å². The predicted molar refractivity (Wildman–Crippen MR) is 94.1 cm³/mol. The molecule has 0 saturated carbocycles. The summed E-state index contributed by atoms with van der Waals surface area (Å²) in [7, 11) is -3.73. The molecule has 1 heterocycles. The number of nitrogens with two attached hydrogens (primary N) is 1.